The highest BCUT2D eigenvalue weighted by molar-refractivity contribution is 8.00. The van der Waals surface area contributed by atoms with E-state index in [9.17, 15) is 33.6 Å². The summed E-state index contributed by atoms with van der Waals surface area (Å²) < 4.78 is 16.7. The van der Waals surface area contributed by atoms with Crippen LogP contribution in [0.3, 0.4) is 0 Å². The molecule has 0 saturated carbocycles. The topological polar surface area (TPSA) is 272 Å². The second kappa shape index (κ2) is 29.8. The first-order valence-corrected chi connectivity index (χ1v) is 27.1. The van der Waals surface area contributed by atoms with E-state index in [0.29, 0.717) is 122 Å². The molecule has 8 amide bonds. The summed E-state index contributed by atoms with van der Waals surface area (Å²) in [5.41, 5.74) is 3.49. The molecule has 23 heteroatoms. The fourth-order valence-electron chi connectivity index (χ4n) is 8.45. The van der Waals surface area contributed by atoms with Gasteiger partial charge in [-0.2, -0.15) is 11.8 Å². The van der Waals surface area contributed by atoms with Gasteiger partial charge in [-0.25, -0.2) is 14.6 Å². The number of amides is 8. The van der Waals surface area contributed by atoms with Crippen molar-refractivity contribution in [2.45, 2.75) is 95.9 Å². The number of thiophene rings is 1. The van der Waals surface area contributed by atoms with Crippen LogP contribution >= 0.6 is 23.1 Å². The van der Waals surface area contributed by atoms with Gasteiger partial charge in [-0.15, -0.1) is 11.3 Å². The monoisotopic (exact) mass is 1050 g/mol. The van der Waals surface area contributed by atoms with Gasteiger partial charge in [0.2, 0.25) is 17.7 Å². The second-order valence-electron chi connectivity index (χ2n) is 18.3. The molecule has 0 radical (unpaired) electrons. The first-order valence-electron chi connectivity index (χ1n) is 25.3. The summed E-state index contributed by atoms with van der Waals surface area (Å²) >= 11 is 3.00. The molecule has 3 atom stereocenters. The molecule has 0 unspecified atom stereocenters. The number of nitrogens with one attached hydrogen (secondary N) is 8. The van der Waals surface area contributed by atoms with Gasteiger partial charge >= 0.3 is 12.1 Å². The Morgan fingerprint density at radius 1 is 0.822 bits per heavy atom. The third kappa shape index (κ3) is 18.0. The number of carbonyl (C=O) groups is 7. The summed E-state index contributed by atoms with van der Waals surface area (Å²) in [4.78, 5) is 98.9. The number of aromatic nitrogens is 2. The lowest BCUT2D eigenvalue weighted by atomic mass is 10.0. The molecule has 3 aromatic rings. The summed E-state index contributed by atoms with van der Waals surface area (Å²) in [6.45, 7) is 11.4. The molecule has 8 N–H and O–H groups in total. The van der Waals surface area contributed by atoms with Crippen LogP contribution in [-0.4, -0.2) is 153 Å². The number of hydrogen-bond acceptors (Lipinski definition) is 15. The Labute approximate surface area is 434 Å². The minimum atomic E-state index is -0.411. The SMILES string of the molecule is Cc1cc(CC(C)C)ncc1N1C(=O)Nc2c(C(=O)NCCNC(=O)/C=C/CNC(=O)CCCC(=O)NCCCOCCOCCOCCCNCCC(=O)CC[C@@H]3SC[C@@H]4NC(=O)N[C@@H]43)sc3nccc1c23. The summed E-state index contributed by atoms with van der Waals surface area (Å²) in [6.07, 6.45) is 11.0. The number of ketones is 1. The van der Waals surface area contributed by atoms with Gasteiger partial charge in [-0.05, 0) is 69.2 Å². The standard InChI is InChI=1S/C50H71N11O10S2/c1-32(2)28-34-29-33(3)38(30-57-34)61-37-14-19-56-48-43(37)45(60-50(61)68)46(73-48)47(66)55-21-20-54-42(65)10-5-16-52-40(63)8-4-9-41(64)53-17-7-23-70-25-27-71-26-24-69-22-6-15-51-18-13-35(62)11-12-39-44-36(31-72-39)58-49(67)59-44/h5,10,14,19,29-30,32,36,39,44,51H,4,6-9,11-13,15-18,20-28,31H2,1-3H3,(H,52,63)(H,53,64)(H,54,65)(H,55,66)(H,60,68)(H2,58,59,67)/b10-5+/t36-,39-,44-/m0/s1. The van der Waals surface area contributed by atoms with Crippen LogP contribution in [0.5, 0.6) is 0 Å². The van der Waals surface area contributed by atoms with Gasteiger partial charge in [0.15, 0.2) is 0 Å². The average Bonchev–Trinajstić information content (AvgIpc) is 4.05. The Balaban J connectivity index is 0.702. The molecule has 0 bridgehead atoms. The van der Waals surface area contributed by atoms with Gasteiger partial charge in [-0.3, -0.25) is 33.9 Å². The average molecular weight is 1050 g/mol. The van der Waals surface area contributed by atoms with Gasteiger partial charge < -0.3 is 56.7 Å². The first kappa shape index (κ1) is 56.6. The van der Waals surface area contributed by atoms with Gasteiger partial charge in [0.05, 0.1) is 67.2 Å². The molecular weight excluding hydrogens is 979 g/mol. The Morgan fingerprint density at radius 2 is 1.55 bits per heavy atom. The van der Waals surface area contributed by atoms with E-state index < -0.39 is 17.8 Å². The van der Waals surface area contributed by atoms with E-state index in [1.54, 1.807) is 23.4 Å². The van der Waals surface area contributed by atoms with Crippen molar-refractivity contribution >= 4 is 91.9 Å². The number of carbonyl (C=O) groups excluding carboxylic acids is 7. The minimum absolute atomic E-state index is 0.104. The number of rotatable bonds is 34. The minimum Gasteiger partial charge on any atom is -0.379 e. The highest BCUT2D eigenvalue weighted by Gasteiger charge is 2.43. The summed E-state index contributed by atoms with van der Waals surface area (Å²) in [6, 6.07) is 3.54. The van der Waals surface area contributed by atoms with Crippen molar-refractivity contribution in [2.75, 3.05) is 94.9 Å². The number of pyridine rings is 2. The van der Waals surface area contributed by atoms with Crippen LogP contribution in [0.25, 0.3) is 10.2 Å². The maximum Gasteiger partial charge on any atom is 0.331 e. The van der Waals surface area contributed by atoms with Crippen molar-refractivity contribution in [3.63, 3.8) is 0 Å². The van der Waals surface area contributed by atoms with Crippen LogP contribution in [0, 0.1) is 12.8 Å². The first-order chi connectivity index (χ1) is 35.4. The van der Waals surface area contributed by atoms with Crippen molar-refractivity contribution in [3.8, 4) is 0 Å². The number of anilines is 3. The molecule has 6 rings (SSSR count). The van der Waals surface area contributed by atoms with Crippen molar-refractivity contribution < 1.29 is 47.8 Å². The van der Waals surface area contributed by atoms with Crippen LogP contribution in [0.2, 0.25) is 0 Å². The predicted octanol–water partition coefficient (Wildman–Crippen LogP) is 4.01. The van der Waals surface area contributed by atoms with Gasteiger partial charge in [-0.1, -0.05) is 19.9 Å². The van der Waals surface area contributed by atoms with E-state index >= 15 is 0 Å². The molecule has 2 saturated heterocycles. The van der Waals surface area contributed by atoms with E-state index in [2.05, 4.69) is 66.3 Å². The number of aryl methyl sites for hydroxylation is 1. The van der Waals surface area contributed by atoms with Crippen LogP contribution in [0.15, 0.2) is 36.7 Å². The van der Waals surface area contributed by atoms with Crippen LogP contribution < -0.4 is 47.4 Å². The Bertz CT molecular complexity index is 2400. The number of nitrogens with zero attached hydrogens (tertiary/aromatic N) is 3. The lowest BCUT2D eigenvalue weighted by molar-refractivity contribution is -0.122. The number of thioether (sulfide) groups is 1. The van der Waals surface area contributed by atoms with Gasteiger partial charge in [0.25, 0.3) is 5.91 Å². The number of Topliss-reactive ketones (excluding diaryl/α,β-unsaturated/α-hetero) is 1. The zero-order chi connectivity index (χ0) is 52.0. The highest BCUT2D eigenvalue weighted by atomic mass is 32.2. The zero-order valence-electron chi connectivity index (χ0n) is 42.1. The van der Waals surface area contributed by atoms with E-state index in [4.69, 9.17) is 14.2 Å². The summed E-state index contributed by atoms with van der Waals surface area (Å²) in [5.74, 6) is 0.389. The molecule has 3 aromatic heterocycles. The van der Waals surface area contributed by atoms with Crippen LogP contribution in [0.1, 0.15) is 86.1 Å². The predicted molar refractivity (Wildman–Crippen MR) is 282 cm³/mol. The molecule has 6 heterocycles. The number of fused-ring (bicyclic) bond motifs is 1. The van der Waals surface area contributed by atoms with E-state index in [1.807, 2.05) is 24.8 Å². The summed E-state index contributed by atoms with van der Waals surface area (Å²) in [7, 11) is 0. The Morgan fingerprint density at radius 3 is 2.30 bits per heavy atom. The van der Waals surface area contributed by atoms with E-state index in [1.165, 1.54) is 23.5 Å². The van der Waals surface area contributed by atoms with Crippen molar-refractivity contribution in [2.24, 2.45) is 5.92 Å². The molecule has 0 aromatic carbocycles. The Hall–Kier alpha value is -5.72. The second-order valence-corrected chi connectivity index (χ2v) is 20.6. The molecular formula is C50H71N11O10S2. The number of hydrogen-bond donors (Lipinski definition) is 8. The maximum atomic E-state index is 13.5. The van der Waals surface area contributed by atoms with Gasteiger partial charge in [0, 0.05) is 101 Å². The lowest BCUT2D eigenvalue weighted by Crippen LogP contribution is -2.37. The molecule has 2 fully saturated rings. The fourth-order valence-corrected chi connectivity index (χ4v) is 11.0. The van der Waals surface area contributed by atoms with Gasteiger partial charge in [0.1, 0.15) is 15.5 Å². The highest BCUT2D eigenvalue weighted by Crippen LogP contribution is 2.46. The molecule has 21 nitrogen and oxygen atoms in total. The molecule has 73 heavy (non-hydrogen) atoms. The maximum absolute atomic E-state index is 13.5. The molecule has 3 aliphatic heterocycles. The third-order valence-electron chi connectivity index (χ3n) is 12.1. The molecule has 0 spiro atoms. The van der Waals surface area contributed by atoms with Crippen molar-refractivity contribution in [1.82, 2.24) is 47.2 Å². The van der Waals surface area contributed by atoms with Crippen molar-refractivity contribution in [1.29, 1.82) is 0 Å². The zero-order valence-corrected chi connectivity index (χ0v) is 43.7. The molecule has 3 aliphatic rings. The molecule has 398 valence electrons. The summed E-state index contributed by atoms with van der Waals surface area (Å²) in [5, 5.41) is 24.1. The third-order valence-corrected chi connectivity index (χ3v) is 14.7. The quantitative estimate of drug-likeness (QED) is 0.0239. The normalized spacial score (nSPS) is 16.9. The van der Waals surface area contributed by atoms with E-state index in [0.717, 1.165) is 42.8 Å². The van der Waals surface area contributed by atoms with Crippen molar-refractivity contribution in [3.05, 3.63) is 52.8 Å². The van der Waals surface area contributed by atoms with E-state index in [-0.39, 0.29) is 68.2 Å². The molecule has 0 aliphatic carbocycles. The fraction of sp³-hybridized carbons (Fsp3) is 0.580. The number of urea groups is 2. The largest absolute Gasteiger partial charge is 0.379 e. The van der Waals surface area contributed by atoms with Crippen LogP contribution in [0.4, 0.5) is 26.7 Å². The number of ether oxygens (including phenoxy) is 3. The lowest BCUT2D eigenvalue weighted by Gasteiger charge is -2.29. The smallest absolute Gasteiger partial charge is 0.331 e. The van der Waals surface area contributed by atoms with Crippen LogP contribution in [-0.2, 0) is 39.8 Å². The Kier molecular flexibility index (Phi) is 23.1.